The molecule has 0 radical (unpaired) electrons. The summed E-state index contributed by atoms with van der Waals surface area (Å²) in [6, 6.07) is 1.37. The van der Waals surface area contributed by atoms with Crippen LogP contribution in [-0.4, -0.2) is 69.8 Å². The molecular formula is C17H21F4N5O5. The zero-order chi connectivity index (χ0) is 23.0. The van der Waals surface area contributed by atoms with Crippen molar-refractivity contribution in [1.29, 1.82) is 0 Å². The molecule has 0 aliphatic carbocycles. The fourth-order valence-corrected chi connectivity index (χ4v) is 2.60. The Morgan fingerprint density at radius 2 is 2.00 bits per heavy atom. The SMILES string of the molecule is NC[C@@H](NC(=O)NCC(F)F)C(=O)Nc1ccc(N2CCOCC2=O)cc1OC(F)F. The molecule has 5 N–H and O–H groups in total. The van der Waals surface area contributed by atoms with E-state index in [1.165, 1.54) is 17.0 Å². The molecule has 1 fully saturated rings. The summed E-state index contributed by atoms with van der Waals surface area (Å²) in [5, 5.41) is 6.22. The lowest BCUT2D eigenvalue weighted by Crippen LogP contribution is -2.52. The van der Waals surface area contributed by atoms with Gasteiger partial charge in [0.2, 0.25) is 5.91 Å². The van der Waals surface area contributed by atoms with Crippen LogP contribution < -0.4 is 31.3 Å². The number of hydrogen-bond donors (Lipinski definition) is 4. The zero-order valence-electron chi connectivity index (χ0n) is 16.1. The summed E-state index contributed by atoms with van der Waals surface area (Å²) >= 11 is 0. The number of carbonyl (C=O) groups excluding carboxylic acids is 3. The highest BCUT2D eigenvalue weighted by Gasteiger charge is 2.24. The molecule has 4 amide bonds. The Morgan fingerprint density at radius 1 is 1.26 bits per heavy atom. The third kappa shape index (κ3) is 7.25. The Hall–Kier alpha value is -3.13. The Labute approximate surface area is 174 Å². The van der Waals surface area contributed by atoms with Gasteiger partial charge in [0.1, 0.15) is 12.6 Å². The maximum atomic E-state index is 12.9. The Balaban J connectivity index is 2.14. The number of benzene rings is 1. The highest BCUT2D eigenvalue weighted by Crippen LogP contribution is 2.32. The van der Waals surface area contributed by atoms with Gasteiger partial charge in [-0.25, -0.2) is 13.6 Å². The Morgan fingerprint density at radius 3 is 2.61 bits per heavy atom. The van der Waals surface area contributed by atoms with Crippen LogP contribution in [0.25, 0.3) is 0 Å². The van der Waals surface area contributed by atoms with Crippen molar-refractivity contribution in [2.45, 2.75) is 19.1 Å². The van der Waals surface area contributed by atoms with E-state index in [0.29, 0.717) is 0 Å². The number of alkyl halides is 4. The predicted molar refractivity (Wildman–Crippen MR) is 100 cm³/mol. The van der Waals surface area contributed by atoms with Crippen molar-refractivity contribution in [2.24, 2.45) is 5.73 Å². The predicted octanol–water partition coefficient (Wildman–Crippen LogP) is 0.481. The minimum absolute atomic E-state index is 0.166. The second-order valence-corrected chi connectivity index (χ2v) is 6.18. The van der Waals surface area contributed by atoms with Gasteiger partial charge < -0.3 is 36.1 Å². The van der Waals surface area contributed by atoms with Crippen LogP contribution in [0.3, 0.4) is 0 Å². The molecule has 1 saturated heterocycles. The van der Waals surface area contributed by atoms with Crippen LogP contribution in [0.4, 0.5) is 33.7 Å². The molecule has 2 rings (SSSR count). The lowest BCUT2D eigenvalue weighted by atomic mass is 10.2. The van der Waals surface area contributed by atoms with E-state index in [1.54, 1.807) is 0 Å². The topological polar surface area (TPSA) is 135 Å². The fourth-order valence-electron chi connectivity index (χ4n) is 2.60. The van der Waals surface area contributed by atoms with Crippen molar-refractivity contribution in [3.05, 3.63) is 18.2 Å². The number of nitrogens with zero attached hydrogens (tertiary/aromatic N) is 1. The van der Waals surface area contributed by atoms with E-state index in [4.69, 9.17) is 10.5 Å². The van der Waals surface area contributed by atoms with Gasteiger partial charge in [0, 0.05) is 24.8 Å². The number of morpholine rings is 1. The van der Waals surface area contributed by atoms with E-state index in [0.717, 1.165) is 6.07 Å². The van der Waals surface area contributed by atoms with Crippen LogP contribution in [0.1, 0.15) is 0 Å². The number of rotatable bonds is 9. The first-order valence-corrected chi connectivity index (χ1v) is 9.01. The molecule has 1 aromatic rings. The highest BCUT2D eigenvalue weighted by atomic mass is 19.3. The summed E-state index contributed by atoms with van der Waals surface area (Å²) < 4.78 is 59.5. The van der Waals surface area contributed by atoms with Crippen molar-refractivity contribution in [1.82, 2.24) is 10.6 Å². The summed E-state index contributed by atoms with van der Waals surface area (Å²) in [6.07, 6.45) is -2.79. The first-order chi connectivity index (χ1) is 14.7. The minimum Gasteiger partial charge on any atom is -0.433 e. The smallest absolute Gasteiger partial charge is 0.387 e. The second-order valence-electron chi connectivity index (χ2n) is 6.18. The lowest BCUT2D eigenvalue weighted by Gasteiger charge is -2.27. The molecule has 10 nitrogen and oxygen atoms in total. The van der Waals surface area contributed by atoms with E-state index in [2.05, 4.69) is 15.4 Å². The van der Waals surface area contributed by atoms with Gasteiger partial charge in [-0.2, -0.15) is 8.78 Å². The molecule has 1 heterocycles. The summed E-state index contributed by atoms with van der Waals surface area (Å²) in [4.78, 5) is 37.2. The molecule has 1 atom stereocenters. The first kappa shape index (κ1) is 24.1. The van der Waals surface area contributed by atoms with Gasteiger partial charge in [-0.1, -0.05) is 0 Å². The highest BCUT2D eigenvalue weighted by molar-refractivity contribution is 5.99. The van der Waals surface area contributed by atoms with E-state index < -0.39 is 49.9 Å². The molecule has 0 bridgehead atoms. The maximum absolute atomic E-state index is 12.9. The third-order valence-corrected chi connectivity index (χ3v) is 4.01. The van der Waals surface area contributed by atoms with Crippen molar-refractivity contribution in [3.63, 3.8) is 0 Å². The van der Waals surface area contributed by atoms with E-state index >= 15 is 0 Å². The summed E-state index contributed by atoms with van der Waals surface area (Å²) in [7, 11) is 0. The van der Waals surface area contributed by atoms with Crippen LogP contribution in [0, 0.1) is 0 Å². The van der Waals surface area contributed by atoms with E-state index in [1.807, 2.05) is 5.32 Å². The number of amides is 4. The number of carbonyl (C=O) groups is 3. The lowest BCUT2D eigenvalue weighted by molar-refractivity contribution is -0.125. The molecule has 172 valence electrons. The average Bonchev–Trinajstić information content (AvgIpc) is 2.71. The summed E-state index contributed by atoms with van der Waals surface area (Å²) in [5.74, 6) is -1.71. The van der Waals surface area contributed by atoms with Crippen LogP contribution in [0.2, 0.25) is 0 Å². The monoisotopic (exact) mass is 451 g/mol. The number of anilines is 2. The number of nitrogens with two attached hydrogens (primary N) is 1. The van der Waals surface area contributed by atoms with Gasteiger partial charge in [0.05, 0.1) is 18.8 Å². The van der Waals surface area contributed by atoms with Gasteiger partial charge in [-0.15, -0.1) is 0 Å². The largest absolute Gasteiger partial charge is 0.433 e. The fraction of sp³-hybridized carbons (Fsp3) is 0.471. The molecule has 0 saturated carbocycles. The zero-order valence-corrected chi connectivity index (χ0v) is 16.1. The van der Waals surface area contributed by atoms with Crippen LogP contribution in [0.15, 0.2) is 18.2 Å². The van der Waals surface area contributed by atoms with Crippen LogP contribution in [-0.2, 0) is 14.3 Å². The quantitative estimate of drug-likeness (QED) is 0.404. The molecule has 1 aromatic carbocycles. The van der Waals surface area contributed by atoms with Crippen molar-refractivity contribution < 1.29 is 41.4 Å². The number of urea groups is 1. The number of ether oxygens (including phenoxy) is 2. The third-order valence-electron chi connectivity index (χ3n) is 4.01. The molecule has 14 heteroatoms. The number of halogens is 4. The average molecular weight is 451 g/mol. The normalized spacial score (nSPS) is 15.1. The van der Waals surface area contributed by atoms with Crippen molar-refractivity contribution in [3.8, 4) is 5.75 Å². The Bertz CT molecular complexity index is 798. The Kier molecular flexibility index (Phi) is 8.81. The first-order valence-electron chi connectivity index (χ1n) is 9.01. The van der Waals surface area contributed by atoms with E-state index in [-0.39, 0.29) is 37.0 Å². The maximum Gasteiger partial charge on any atom is 0.387 e. The van der Waals surface area contributed by atoms with Gasteiger partial charge >= 0.3 is 12.6 Å². The number of nitrogens with one attached hydrogen (secondary N) is 3. The summed E-state index contributed by atoms with van der Waals surface area (Å²) in [6.45, 7) is -4.27. The van der Waals surface area contributed by atoms with Crippen molar-refractivity contribution >= 4 is 29.2 Å². The number of hydrogen-bond acceptors (Lipinski definition) is 6. The van der Waals surface area contributed by atoms with Gasteiger partial charge in [0.15, 0.2) is 5.75 Å². The molecule has 0 spiro atoms. The molecule has 0 aromatic heterocycles. The van der Waals surface area contributed by atoms with Crippen LogP contribution in [0.5, 0.6) is 5.75 Å². The molecule has 1 aliphatic rings. The second kappa shape index (κ2) is 11.3. The van der Waals surface area contributed by atoms with E-state index in [9.17, 15) is 31.9 Å². The van der Waals surface area contributed by atoms with Crippen molar-refractivity contribution in [2.75, 3.05) is 43.1 Å². The molecule has 31 heavy (non-hydrogen) atoms. The summed E-state index contributed by atoms with van der Waals surface area (Å²) in [5.41, 5.74) is 5.50. The molecule has 0 unspecified atom stereocenters. The standard InChI is InChI=1S/C17H21F4N5O5/c18-13(19)7-23-17(29)25-11(6-22)15(28)24-10-2-1-9(5-12(10)31-16(20)21)26-3-4-30-8-14(26)27/h1-2,5,11,13,16H,3-4,6-8,22H2,(H,24,28)(H2,23,25,29)/t11-/m1/s1. The molecule has 1 aliphatic heterocycles. The van der Waals surface area contributed by atoms with Gasteiger partial charge in [-0.3, -0.25) is 9.59 Å². The van der Waals surface area contributed by atoms with Gasteiger partial charge in [0.25, 0.3) is 12.3 Å². The van der Waals surface area contributed by atoms with Crippen LogP contribution >= 0.6 is 0 Å². The van der Waals surface area contributed by atoms with Gasteiger partial charge in [-0.05, 0) is 12.1 Å². The molecular weight excluding hydrogens is 430 g/mol. The minimum atomic E-state index is -3.23.